The minimum atomic E-state index is -0.521. The van der Waals surface area contributed by atoms with Crippen molar-refractivity contribution in [1.82, 2.24) is 9.55 Å². The van der Waals surface area contributed by atoms with Crippen molar-refractivity contribution in [3.8, 4) is 0 Å². The molecule has 0 amide bonds. The Labute approximate surface area is 94.9 Å². The van der Waals surface area contributed by atoms with Gasteiger partial charge >= 0.3 is 6.09 Å². The fraction of sp³-hybridized carbons (Fsp3) is 0.455. The van der Waals surface area contributed by atoms with Crippen molar-refractivity contribution in [2.75, 3.05) is 6.54 Å². The van der Waals surface area contributed by atoms with E-state index < -0.39 is 11.7 Å². The fourth-order valence-corrected chi connectivity index (χ4v) is 1.02. The van der Waals surface area contributed by atoms with Gasteiger partial charge in [0.15, 0.2) is 0 Å². The zero-order valence-electron chi connectivity index (χ0n) is 9.86. The number of aromatic nitrogens is 2. The lowest BCUT2D eigenvalue weighted by molar-refractivity contribution is 0.0536. The minimum Gasteiger partial charge on any atom is -0.443 e. The van der Waals surface area contributed by atoms with Crippen molar-refractivity contribution < 1.29 is 9.53 Å². The Morgan fingerprint density at radius 2 is 2.25 bits per heavy atom. The van der Waals surface area contributed by atoms with Gasteiger partial charge in [0.2, 0.25) is 0 Å². The number of carbonyl (C=O) groups excluding carboxylic acids is 1. The van der Waals surface area contributed by atoms with Gasteiger partial charge in [-0.05, 0) is 26.3 Å². The number of hydrogen-bond donors (Lipinski definition) is 1. The first-order chi connectivity index (χ1) is 7.33. The molecule has 0 aliphatic carbocycles. The molecule has 0 saturated heterocycles. The van der Waals surface area contributed by atoms with Gasteiger partial charge in [-0.25, -0.2) is 14.3 Å². The fourth-order valence-electron chi connectivity index (χ4n) is 1.02. The molecule has 0 unspecified atom stereocenters. The standard InChI is InChI=1S/C11H17N3O2/c1-8(5-12)9-6-14(7-13-9)10(15)16-11(2,3)4/h6-7H,1,5,12H2,2-4H3. The number of hydrogen-bond acceptors (Lipinski definition) is 4. The second kappa shape index (κ2) is 4.49. The summed E-state index contributed by atoms with van der Waals surface area (Å²) in [5, 5.41) is 0. The van der Waals surface area contributed by atoms with Gasteiger partial charge in [-0.2, -0.15) is 0 Å². The van der Waals surface area contributed by atoms with Gasteiger partial charge in [-0.1, -0.05) is 6.58 Å². The molecular weight excluding hydrogens is 206 g/mol. The third-order valence-electron chi connectivity index (χ3n) is 1.80. The number of nitrogens with zero attached hydrogens (tertiary/aromatic N) is 2. The van der Waals surface area contributed by atoms with Crippen molar-refractivity contribution in [2.24, 2.45) is 5.73 Å². The van der Waals surface area contributed by atoms with E-state index in [4.69, 9.17) is 10.5 Å². The summed E-state index contributed by atoms with van der Waals surface area (Å²) in [6, 6.07) is 0. The zero-order chi connectivity index (χ0) is 12.3. The van der Waals surface area contributed by atoms with Crippen molar-refractivity contribution >= 4 is 11.7 Å². The Balaban J connectivity index is 2.78. The number of imidazole rings is 1. The average molecular weight is 223 g/mol. The van der Waals surface area contributed by atoms with Crippen LogP contribution in [0.4, 0.5) is 4.79 Å². The highest BCUT2D eigenvalue weighted by atomic mass is 16.6. The second-order valence-electron chi connectivity index (χ2n) is 4.45. The van der Waals surface area contributed by atoms with Crippen LogP contribution in [0, 0.1) is 0 Å². The Bertz CT molecular complexity index is 402. The summed E-state index contributed by atoms with van der Waals surface area (Å²) in [5.74, 6) is 0. The second-order valence-corrected chi connectivity index (χ2v) is 4.45. The van der Waals surface area contributed by atoms with Crippen LogP contribution in [0.1, 0.15) is 26.5 Å². The van der Waals surface area contributed by atoms with Gasteiger partial charge in [0.1, 0.15) is 11.9 Å². The van der Waals surface area contributed by atoms with Crippen LogP contribution in [0.5, 0.6) is 0 Å². The molecule has 16 heavy (non-hydrogen) atoms. The van der Waals surface area contributed by atoms with Crippen LogP contribution < -0.4 is 5.73 Å². The summed E-state index contributed by atoms with van der Waals surface area (Å²) in [4.78, 5) is 15.6. The molecule has 0 fully saturated rings. The van der Waals surface area contributed by atoms with Gasteiger partial charge in [-0.3, -0.25) is 0 Å². The lowest BCUT2D eigenvalue weighted by Crippen LogP contribution is -2.26. The quantitative estimate of drug-likeness (QED) is 0.827. The van der Waals surface area contributed by atoms with Crippen molar-refractivity contribution in [3.05, 3.63) is 24.8 Å². The van der Waals surface area contributed by atoms with Crippen LogP contribution in [0.2, 0.25) is 0 Å². The van der Waals surface area contributed by atoms with Gasteiger partial charge < -0.3 is 10.5 Å². The molecule has 5 heteroatoms. The lowest BCUT2D eigenvalue weighted by atomic mass is 10.2. The summed E-state index contributed by atoms with van der Waals surface area (Å²) < 4.78 is 6.45. The van der Waals surface area contributed by atoms with Crippen LogP contribution in [0.15, 0.2) is 19.1 Å². The maximum atomic E-state index is 11.6. The Morgan fingerprint density at radius 3 is 2.75 bits per heavy atom. The minimum absolute atomic E-state index is 0.311. The van der Waals surface area contributed by atoms with E-state index >= 15 is 0 Å². The summed E-state index contributed by atoms with van der Waals surface area (Å²) in [5.41, 5.74) is 6.19. The summed E-state index contributed by atoms with van der Waals surface area (Å²) in [7, 11) is 0. The van der Waals surface area contributed by atoms with E-state index in [1.165, 1.54) is 10.9 Å². The summed E-state index contributed by atoms with van der Waals surface area (Å²) in [6.45, 7) is 9.47. The molecule has 0 saturated carbocycles. The van der Waals surface area contributed by atoms with E-state index in [1.54, 1.807) is 6.20 Å². The molecule has 88 valence electrons. The van der Waals surface area contributed by atoms with E-state index in [0.717, 1.165) is 0 Å². The molecule has 0 bridgehead atoms. The van der Waals surface area contributed by atoms with Gasteiger partial charge in [0, 0.05) is 12.7 Å². The molecule has 2 N–H and O–H groups in total. The molecular formula is C11H17N3O2. The topological polar surface area (TPSA) is 70.1 Å². The molecule has 0 aliphatic heterocycles. The molecule has 1 rings (SSSR count). The maximum absolute atomic E-state index is 11.6. The average Bonchev–Trinajstić information content (AvgIpc) is 2.62. The molecule has 1 heterocycles. The van der Waals surface area contributed by atoms with E-state index in [2.05, 4.69) is 11.6 Å². The maximum Gasteiger partial charge on any atom is 0.419 e. The Kier molecular flexibility index (Phi) is 3.49. The normalized spacial score (nSPS) is 11.2. The van der Waals surface area contributed by atoms with E-state index in [9.17, 15) is 4.79 Å². The van der Waals surface area contributed by atoms with E-state index in [0.29, 0.717) is 17.8 Å². The highest BCUT2D eigenvalue weighted by Gasteiger charge is 2.18. The zero-order valence-corrected chi connectivity index (χ0v) is 9.86. The Morgan fingerprint density at radius 1 is 1.62 bits per heavy atom. The number of rotatable bonds is 2. The highest BCUT2D eigenvalue weighted by molar-refractivity contribution is 5.72. The number of nitrogens with two attached hydrogens (primary N) is 1. The summed E-state index contributed by atoms with van der Waals surface area (Å²) >= 11 is 0. The van der Waals surface area contributed by atoms with Crippen LogP contribution in [-0.2, 0) is 4.74 Å². The first-order valence-electron chi connectivity index (χ1n) is 4.99. The highest BCUT2D eigenvalue weighted by Crippen LogP contribution is 2.11. The lowest BCUT2D eigenvalue weighted by Gasteiger charge is -2.19. The van der Waals surface area contributed by atoms with Crippen LogP contribution >= 0.6 is 0 Å². The molecule has 1 aromatic rings. The monoisotopic (exact) mass is 223 g/mol. The molecule has 0 atom stereocenters. The molecule has 0 aromatic carbocycles. The van der Waals surface area contributed by atoms with Crippen LogP contribution in [-0.4, -0.2) is 27.8 Å². The molecule has 0 radical (unpaired) electrons. The van der Waals surface area contributed by atoms with Crippen molar-refractivity contribution in [2.45, 2.75) is 26.4 Å². The molecule has 0 aliphatic rings. The van der Waals surface area contributed by atoms with Crippen molar-refractivity contribution in [1.29, 1.82) is 0 Å². The van der Waals surface area contributed by atoms with Gasteiger partial charge in [0.25, 0.3) is 0 Å². The van der Waals surface area contributed by atoms with E-state index in [1.807, 2.05) is 20.8 Å². The predicted molar refractivity (Wildman–Crippen MR) is 61.9 cm³/mol. The van der Waals surface area contributed by atoms with Gasteiger partial charge in [0.05, 0.1) is 5.69 Å². The van der Waals surface area contributed by atoms with Crippen molar-refractivity contribution in [3.63, 3.8) is 0 Å². The first-order valence-corrected chi connectivity index (χ1v) is 4.99. The predicted octanol–water partition coefficient (Wildman–Crippen LogP) is 1.64. The number of carbonyl (C=O) groups is 1. The third-order valence-corrected chi connectivity index (χ3v) is 1.80. The number of ether oxygens (including phenoxy) is 1. The first kappa shape index (κ1) is 12.4. The van der Waals surface area contributed by atoms with Crippen LogP contribution in [0.25, 0.3) is 5.57 Å². The van der Waals surface area contributed by atoms with Gasteiger partial charge in [-0.15, -0.1) is 0 Å². The molecule has 1 aromatic heterocycles. The largest absolute Gasteiger partial charge is 0.443 e. The Hall–Kier alpha value is -1.62. The van der Waals surface area contributed by atoms with E-state index in [-0.39, 0.29) is 0 Å². The molecule has 5 nitrogen and oxygen atoms in total. The third kappa shape index (κ3) is 3.20. The summed E-state index contributed by atoms with van der Waals surface area (Å²) in [6.07, 6.45) is 2.49. The smallest absolute Gasteiger partial charge is 0.419 e. The van der Waals surface area contributed by atoms with Crippen LogP contribution in [0.3, 0.4) is 0 Å². The SMILES string of the molecule is C=C(CN)c1cn(C(=O)OC(C)(C)C)cn1. The molecule has 0 spiro atoms.